The molecule has 3 unspecified atom stereocenters. The van der Waals surface area contributed by atoms with E-state index in [2.05, 4.69) is 25.5 Å². The maximum atomic E-state index is 10.9. The Hall–Kier alpha value is -1.55. The summed E-state index contributed by atoms with van der Waals surface area (Å²) in [5.41, 5.74) is 6.35. The van der Waals surface area contributed by atoms with Crippen LogP contribution in [0, 0.1) is 17.8 Å². The van der Waals surface area contributed by atoms with Gasteiger partial charge in [0.25, 0.3) is 0 Å². The number of hydrogen-bond donors (Lipinski definition) is 2. The second-order valence-electron chi connectivity index (χ2n) is 6.47. The number of ether oxygens (including phenoxy) is 1. The summed E-state index contributed by atoms with van der Waals surface area (Å²) in [7, 11) is 1.33. The maximum absolute atomic E-state index is 10.9. The van der Waals surface area contributed by atoms with E-state index in [0.29, 0.717) is 23.1 Å². The third-order valence-electron chi connectivity index (χ3n) is 4.35. The number of nitrogens with two attached hydrogens (primary N) is 1. The first-order valence-corrected chi connectivity index (χ1v) is 7.97. The average molecular weight is 307 g/mol. The minimum Gasteiger partial charge on any atom is -0.465 e. The fourth-order valence-electron chi connectivity index (χ4n) is 2.94. The van der Waals surface area contributed by atoms with E-state index < -0.39 is 5.97 Å². The highest BCUT2D eigenvalue weighted by atomic mass is 16.5. The number of benzene rings is 1. The normalized spacial score (nSPS) is 24.4. The lowest BCUT2D eigenvalue weighted by Gasteiger charge is -2.33. The highest BCUT2D eigenvalue weighted by molar-refractivity contribution is 5.94. The summed E-state index contributed by atoms with van der Waals surface area (Å²) >= 11 is 0. The quantitative estimate of drug-likeness (QED) is 0.648. The number of carbonyl (C=O) groups is 1. The number of nitrogen functional groups attached to an aromatic ring is 1. The van der Waals surface area contributed by atoms with Crippen molar-refractivity contribution in [2.45, 2.75) is 46.1 Å². The molecule has 4 heteroatoms. The molecule has 4 nitrogen and oxygen atoms in total. The Morgan fingerprint density at radius 2 is 1.95 bits per heavy atom. The van der Waals surface area contributed by atoms with Crippen molar-refractivity contribution in [2.24, 2.45) is 17.8 Å². The van der Waals surface area contributed by atoms with Gasteiger partial charge in [0, 0.05) is 5.69 Å². The maximum Gasteiger partial charge on any atom is 0.339 e. The lowest BCUT2D eigenvalue weighted by atomic mass is 9.75. The van der Waals surface area contributed by atoms with Gasteiger partial charge in [0.15, 0.2) is 0 Å². The number of hydrogen-bond acceptors (Lipinski definition) is 4. The average Bonchev–Trinajstić information content (AvgIpc) is 2.47. The summed E-state index contributed by atoms with van der Waals surface area (Å²) in [5.74, 6) is 1.55. The Labute approximate surface area is 133 Å². The Bertz CT molecular complexity index is 473. The van der Waals surface area contributed by atoms with Crippen LogP contribution in [0.25, 0.3) is 0 Å². The first kappa shape index (κ1) is 18.5. The van der Waals surface area contributed by atoms with Gasteiger partial charge in [0.2, 0.25) is 0 Å². The van der Waals surface area contributed by atoms with E-state index in [1.165, 1.54) is 20.0 Å². The minimum absolute atomic E-state index is 0.0289. The molecule has 1 aromatic rings. The number of aliphatic hydroxyl groups excluding tert-OH is 1. The van der Waals surface area contributed by atoms with Gasteiger partial charge in [-0.25, -0.2) is 4.79 Å². The number of carbonyl (C=O) groups excluding carboxylic acids is 1. The topological polar surface area (TPSA) is 72.5 Å². The van der Waals surface area contributed by atoms with Gasteiger partial charge in [-0.2, -0.15) is 0 Å². The molecule has 0 saturated heterocycles. The molecular weight excluding hydrogens is 278 g/mol. The lowest BCUT2D eigenvalue weighted by molar-refractivity contribution is 0.0266. The number of aliphatic hydroxyl groups is 1. The number of rotatable bonds is 2. The van der Waals surface area contributed by atoms with Gasteiger partial charge >= 0.3 is 5.97 Å². The first-order chi connectivity index (χ1) is 10.4. The molecule has 0 radical (unpaired) electrons. The summed E-state index contributed by atoms with van der Waals surface area (Å²) in [6, 6.07) is 6.79. The van der Waals surface area contributed by atoms with Crippen LogP contribution in [0.3, 0.4) is 0 Å². The standard InChI is InChI=1S/C10H20O.C8H9NO2/c1-7(2)9-5-4-8(3)6-10(9)11;1-11-8(10)6-4-2-3-5-7(6)9/h7-11H,4-6H2,1-3H3;2-5H,9H2,1H3. The van der Waals surface area contributed by atoms with Gasteiger partial charge in [-0.15, -0.1) is 0 Å². The molecule has 2 rings (SSSR count). The lowest BCUT2D eigenvalue weighted by Crippen LogP contribution is -2.31. The molecule has 1 aliphatic rings. The summed E-state index contributed by atoms with van der Waals surface area (Å²) in [4.78, 5) is 10.9. The van der Waals surface area contributed by atoms with Crippen molar-refractivity contribution in [2.75, 3.05) is 12.8 Å². The second kappa shape index (κ2) is 8.79. The van der Waals surface area contributed by atoms with E-state index in [4.69, 9.17) is 5.73 Å². The fourth-order valence-corrected chi connectivity index (χ4v) is 2.94. The molecule has 0 amide bonds. The van der Waals surface area contributed by atoms with E-state index in [1.54, 1.807) is 24.3 Å². The van der Waals surface area contributed by atoms with Crippen molar-refractivity contribution in [1.82, 2.24) is 0 Å². The van der Waals surface area contributed by atoms with E-state index in [-0.39, 0.29) is 6.10 Å². The van der Waals surface area contributed by atoms with E-state index in [1.807, 2.05) is 0 Å². The summed E-state index contributed by atoms with van der Waals surface area (Å²) < 4.78 is 4.50. The van der Waals surface area contributed by atoms with Crippen molar-refractivity contribution in [3.8, 4) is 0 Å². The van der Waals surface area contributed by atoms with Crippen LogP contribution >= 0.6 is 0 Å². The van der Waals surface area contributed by atoms with Crippen molar-refractivity contribution in [1.29, 1.82) is 0 Å². The molecule has 3 atom stereocenters. The van der Waals surface area contributed by atoms with Crippen LogP contribution in [0.15, 0.2) is 24.3 Å². The Morgan fingerprint density at radius 1 is 1.32 bits per heavy atom. The van der Waals surface area contributed by atoms with E-state index in [0.717, 1.165) is 12.3 Å². The fraction of sp³-hybridized carbons (Fsp3) is 0.611. The van der Waals surface area contributed by atoms with Gasteiger partial charge in [0.05, 0.1) is 18.8 Å². The third kappa shape index (κ3) is 5.34. The molecule has 0 heterocycles. The molecule has 0 bridgehead atoms. The van der Waals surface area contributed by atoms with Crippen molar-refractivity contribution >= 4 is 11.7 Å². The molecule has 0 aliphatic heterocycles. The van der Waals surface area contributed by atoms with Crippen LogP contribution in [0.5, 0.6) is 0 Å². The van der Waals surface area contributed by atoms with Crippen LogP contribution in [-0.2, 0) is 4.74 Å². The molecule has 0 spiro atoms. The minimum atomic E-state index is -0.400. The predicted octanol–water partition coefficient (Wildman–Crippen LogP) is 3.49. The predicted molar refractivity (Wildman–Crippen MR) is 89.5 cm³/mol. The monoisotopic (exact) mass is 307 g/mol. The van der Waals surface area contributed by atoms with Gasteiger partial charge in [-0.05, 0) is 42.7 Å². The number of methoxy groups -OCH3 is 1. The van der Waals surface area contributed by atoms with E-state index >= 15 is 0 Å². The van der Waals surface area contributed by atoms with Gasteiger partial charge in [-0.3, -0.25) is 0 Å². The highest BCUT2D eigenvalue weighted by Gasteiger charge is 2.28. The SMILES string of the molecule is CC1CCC(C(C)C)C(O)C1.COC(=O)c1ccccc1N. The molecule has 1 aromatic carbocycles. The zero-order chi connectivity index (χ0) is 16.7. The second-order valence-corrected chi connectivity index (χ2v) is 6.47. The van der Waals surface area contributed by atoms with Gasteiger partial charge < -0.3 is 15.6 Å². The van der Waals surface area contributed by atoms with Crippen molar-refractivity contribution in [3.63, 3.8) is 0 Å². The molecule has 1 fully saturated rings. The number of esters is 1. The van der Waals surface area contributed by atoms with Crippen LogP contribution in [0.4, 0.5) is 5.69 Å². The zero-order valence-electron chi connectivity index (χ0n) is 14.1. The van der Waals surface area contributed by atoms with Gasteiger partial charge in [0.1, 0.15) is 0 Å². The number of anilines is 1. The van der Waals surface area contributed by atoms with Crippen LogP contribution in [0.2, 0.25) is 0 Å². The largest absolute Gasteiger partial charge is 0.465 e. The molecule has 124 valence electrons. The molecule has 1 aliphatic carbocycles. The Balaban J connectivity index is 0.000000220. The zero-order valence-corrected chi connectivity index (χ0v) is 14.1. The van der Waals surface area contributed by atoms with E-state index in [9.17, 15) is 9.90 Å². The van der Waals surface area contributed by atoms with Crippen LogP contribution in [-0.4, -0.2) is 24.3 Å². The molecule has 0 aromatic heterocycles. The van der Waals surface area contributed by atoms with Crippen LogP contribution in [0.1, 0.15) is 50.4 Å². The first-order valence-electron chi connectivity index (χ1n) is 7.97. The summed E-state index contributed by atoms with van der Waals surface area (Å²) in [6.07, 6.45) is 3.52. The Morgan fingerprint density at radius 3 is 2.45 bits per heavy atom. The van der Waals surface area contributed by atoms with Crippen molar-refractivity contribution < 1.29 is 14.6 Å². The summed E-state index contributed by atoms with van der Waals surface area (Å²) in [5, 5.41) is 9.71. The van der Waals surface area contributed by atoms with Crippen LogP contribution < -0.4 is 5.73 Å². The molecular formula is C18H29NO3. The summed E-state index contributed by atoms with van der Waals surface area (Å²) in [6.45, 7) is 6.66. The molecule has 22 heavy (non-hydrogen) atoms. The highest BCUT2D eigenvalue weighted by Crippen LogP contribution is 2.33. The molecule has 1 saturated carbocycles. The van der Waals surface area contributed by atoms with Crippen molar-refractivity contribution in [3.05, 3.63) is 29.8 Å². The molecule has 3 N–H and O–H groups in total. The van der Waals surface area contributed by atoms with Gasteiger partial charge in [-0.1, -0.05) is 39.3 Å². The Kier molecular flexibility index (Phi) is 7.39. The smallest absolute Gasteiger partial charge is 0.339 e. The third-order valence-corrected chi connectivity index (χ3v) is 4.35. The number of para-hydroxylation sites is 1.